The molecule has 34 heavy (non-hydrogen) atoms. The van der Waals surface area contributed by atoms with Gasteiger partial charge in [0.1, 0.15) is 17.0 Å². The molecule has 182 valence electrons. The van der Waals surface area contributed by atoms with Crippen molar-refractivity contribution in [3.8, 4) is 5.75 Å². The Kier molecular flexibility index (Phi) is 7.38. The molecule has 8 nitrogen and oxygen atoms in total. The number of hydrogen-bond acceptors (Lipinski definition) is 6. The van der Waals surface area contributed by atoms with Crippen LogP contribution < -0.4 is 4.74 Å². The summed E-state index contributed by atoms with van der Waals surface area (Å²) in [6.07, 6.45) is 4.90. The number of rotatable bonds is 9. The highest BCUT2D eigenvalue weighted by molar-refractivity contribution is 6.07. The minimum absolute atomic E-state index is 0.112. The lowest BCUT2D eigenvalue weighted by Crippen LogP contribution is -2.57. The van der Waals surface area contributed by atoms with Gasteiger partial charge in [0.25, 0.3) is 5.91 Å². The highest BCUT2D eigenvalue weighted by atomic mass is 16.5. The molecule has 0 bridgehead atoms. The number of urea groups is 1. The summed E-state index contributed by atoms with van der Waals surface area (Å²) in [5.41, 5.74) is 1.24. The molecule has 2 saturated heterocycles. The monoisotopic (exact) mass is 467 g/mol. The van der Waals surface area contributed by atoms with E-state index in [4.69, 9.17) is 13.9 Å². The molecule has 4 rings (SSSR count). The van der Waals surface area contributed by atoms with E-state index in [9.17, 15) is 9.59 Å². The molecule has 2 fully saturated rings. The largest absolute Gasteiger partial charge is 0.497 e. The zero-order chi connectivity index (χ0) is 24.1. The molecule has 3 heterocycles. The molecule has 2 aliphatic heterocycles. The molecular formula is C26H33N3O5. The summed E-state index contributed by atoms with van der Waals surface area (Å²) in [4.78, 5) is 32.6. The lowest BCUT2D eigenvalue weighted by Gasteiger charge is -2.42. The Hall–Kier alpha value is -3.10. The van der Waals surface area contributed by atoms with Crippen molar-refractivity contribution < 1.29 is 23.5 Å². The second kappa shape index (κ2) is 10.4. The fourth-order valence-electron chi connectivity index (χ4n) is 4.95. The van der Waals surface area contributed by atoms with E-state index >= 15 is 0 Å². The molecule has 0 unspecified atom stereocenters. The number of carbonyl (C=O) groups is 2. The van der Waals surface area contributed by atoms with Gasteiger partial charge in [-0.3, -0.25) is 14.6 Å². The zero-order valence-electron chi connectivity index (χ0n) is 20.2. The van der Waals surface area contributed by atoms with Gasteiger partial charge in [-0.2, -0.15) is 0 Å². The fourth-order valence-corrected chi connectivity index (χ4v) is 4.95. The number of hydrogen-bond donors (Lipinski definition) is 0. The number of amides is 3. The Bertz CT molecular complexity index is 1020. The van der Waals surface area contributed by atoms with E-state index in [2.05, 4.69) is 11.8 Å². The molecule has 0 saturated carbocycles. The summed E-state index contributed by atoms with van der Waals surface area (Å²) >= 11 is 0. The standard InChI is InChI=1S/C26H33N3O5/c1-20(16-23-8-5-14-34-23)18-27-11-9-26(10-12-27)24(30)28(25(31)29(26)13-15-32-2)19-21-6-4-7-22(17-21)33-3/h4-8,14,16-17H,9-13,15,18-19H2,1-3H3/b20-16+. The molecule has 2 aliphatic rings. The first-order valence-electron chi connectivity index (χ1n) is 11.7. The van der Waals surface area contributed by atoms with E-state index in [1.165, 1.54) is 10.5 Å². The van der Waals surface area contributed by atoms with Crippen LogP contribution in [0.4, 0.5) is 4.79 Å². The van der Waals surface area contributed by atoms with Gasteiger partial charge < -0.3 is 18.8 Å². The van der Waals surface area contributed by atoms with Crippen molar-refractivity contribution in [2.45, 2.75) is 31.8 Å². The minimum atomic E-state index is -0.816. The van der Waals surface area contributed by atoms with E-state index < -0.39 is 5.54 Å². The van der Waals surface area contributed by atoms with Crippen molar-refractivity contribution in [3.63, 3.8) is 0 Å². The molecule has 0 N–H and O–H groups in total. The first-order chi connectivity index (χ1) is 16.5. The third kappa shape index (κ3) is 4.88. The van der Waals surface area contributed by atoms with E-state index in [1.54, 1.807) is 25.4 Å². The van der Waals surface area contributed by atoms with Gasteiger partial charge in [0.15, 0.2) is 0 Å². The van der Waals surface area contributed by atoms with Crippen molar-refractivity contribution in [2.75, 3.05) is 47.0 Å². The van der Waals surface area contributed by atoms with Gasteiger partial charge in [-0.1, -0.05) is 17.7 Å². The Balaban J connectivity index is 1.48. The van der Waals surface area contributed by atoms with Crippen molar-refractivity contribution in [2.24, 2.45) is 0 Å². The molecular weight excluding hydrogens is 434 g/mol. The third-order valence-corrected chi connectivity index (χ3v) is 6.70. The van der Waals surface area contributed by atoms with E-state index in [0.29, 0.717) is 31.7 Å². The Labute approximate surface area is 200 Å². The minimum Gasteiger partial charge on any atom is -0.497 e. The number of carbonyl (C=O) groups excluding carboxylic acids is 2. The average molecular weight is 468 g/mol. The van der Waals surface area contributed by atoms with E-state index in [1.807, 2.05) is 42.5 Å². The molecule has 3 amide bonds. The second-order valence-electron chi connectivity index (χ2n) is 8.98. The normalized spacial score (nSPS) is 18.9. The number of imide groups is 1. The Morgan fingerprint density at radius 2 is 1.94 bits per heavy atom. The van der Waals surface area contributed by atoms with E-state index in [-0.39, 0.29) is 18.5 Å². The smallest absolute Gasteiger partial charge is 0.328 e. The summed E-state index contributed by atoms with van der Waals surface area (Å²) < 4.78 is 16.0. The van der Waals surface area contributed by atoms with Crippen molar-refractivity contribution in [3.05, 3.63) is 59.6 Å². The molecule has 0 radical (unpaired) electrons. The predicted molar refractivity (Wildman–Crippen MR) is 128 cm³/mol. The number of nitrogens with zero attached hydrogens (tertiary/aromatic N) is 3. The predicted octanol–water partition coefficient (Wildman–Crippen LogP) is 3.64. The molecule has 1 spiro atoms. The maximum Gasteiger partial charge on any atom is 0.328 e. The molecule has 1 aromatic heterocycles. The quantitative estimate of drug-likeness (QED) is 0.524. The molecule has 1 aromatic carbocycles. The third-order valence-electron chi connectivity index (χ3n) is 6.70. The first kappa shape index (κ1) is 24.0. The van der Waals surface area contributed by atoms with Crippen LogP contribution in [0.5, 0.6) is 5.75 Å². The van der Waals surface area contributed by atoms with Crippen LogP contribution in [0.3, 0.4) is 0 Å². The van der Waals surface area contributed by atoms with Gasteiger partial charge >= 0.3 is 6.03 Å². The average Bonchev–Trinajstić information content (AvgIpc) is 3.41. The number of furan rings is 1. The van der Waals surface area contributed by atoms with Crippen LogP contribution in [0.15, 0.2) is 52.7 Å². The van der Waals surface area contributed by atoms with Crippen molar-refractivity contribution in [1.82, 2.24) is 14.7 Å². The summed E-state index contributed by atoms with van der Waals surface area (Å²) in [6, 6.07) is 11.1. The SMILES string of the molecule is COCCN1C(=O)N(Cc2cccc(OC)c2)C(=O)C12CCN(C/C(C)=C/c1ccco1)CC2. The highest BCUT2D eigenvalue weighted by Crippen LogP contribution is 2.38. The number of likely N-dealkylation sites (tertiary alicyclic amines) is 1. The van der Waals surface area contributed by atoms with Crippen LogP contribution in [-0.2, 0) is 16.1 Å². The van der Waals surface area contributed by atoms with Crippen LogP contribution in [-0.4, -0.2) is 79.2 Å². The Morgan fingerprint density at radius 1 is 1.15 bits per heavy atom. The van der Waals surface area contributed by atoms with E-state index in [0.717, 1.165) is 31.0 Å². The van der Waals surface area contributed by atoms with Crippen LogP contribution >= 0.6 is 0 Å². The summed E-state index contributed by atoms with van der Waals surface area (Å²) in [6.45, 7) is 5.37. The maximum absolute atomic E-state index is 13.7. The number of methoxy groups -OCH3 is 2. The van der Waals surface area contributed by atoms with Crippen molar-refractivity contribution >= 4 is 18.0 Å². The lowest BCUT2D eigenvalue weighted by atomic mass is 9.85. The first-order valence-corrected chi connectivity index (χ1v) is 11.7. The topological polar surface area (TPSA) is 75.5 Å². The van der Waals surface area contributed by atoms with Gasteiger partial charge in [-0.05, 0) is 55.7 Å². The second-order valence-corrected chi connectivity index (χ2v) is 8.98. The van der Waals surface area contributed by atoms with Gasteiger partial charge in [0.05, 0.1) is 26.5 Å². The van der Waals surface area contributed by atoms with Crippen LogP contribution in [0.1, 0.15) is 31.1 Å². The van der Waals surface area contributed by atoms with Gasteiger partial charge in [-0.25, -0.2) is 4.79 Å². The fraction of sp³-hybridized carbons (Fsp3) is 0.462. The number of piperidine rings is 1. The summed E-state index contributed by atoms with van der Waals surface area (Å²) in [7, 11) is 3.21. The maximum atomic E-state index is 13.7. The molecule has 8 heteroatoms. The number of ether oxygens (including phenoxy) is 2. The summed E-state index contributed by atoms with van der Waals surface area (Å²) in [5, 5.41) is 0. The van der Waals surface area contributed by atoms with Crippen molar-refractivity contribution in [1.29, 1.82) is 0 Å². The lowest BCUT2D eigenvalue weighted by molar-refractivity contribution is -0.136. The molecule has 0 atom stereocenters. The zero-order valence-corrected chi connectivity index (χ0v) is 20.2. The van der Waals surface area contributed by atoms with Crippen LogP contribution in [0.25, 0.3) is 6.08 Å². The van der Waals surface area contributed by atoms with Gasteiger partial charge in [0.2, 0.25) is 0 Å². The molecule has 2 aromatic rings. The van der Waals surface area contributed by atoms with Crippen LogP contribution in [0.2, 0.25) is 0 Å². The molecule has 0 aliphatic carbocycles. The number of benzene rings is 1. The van der Waals surface area contributed by atoms with Gasteiger partial charge in [0, 0.05) is 33.3 Å². The van der Waals surface area contributed by atoms with Crippen LogP contribution in [0, 0.1) is 0 Å². The Morgan fingerprint density at radius 3 is 2.62 bits per heavy atom. The van der Waals surface area contributed by atoms with Gasteiger partial charge in [-0.15, -0.1) is 0 Å². The highest BCUT2D eigenvalue weighted by Gasteiger charge is 2.57. The summed E-state index contributed by atoms with van der Waals surface area (Å²) in [5.74, 6) is 1.43.